The molecule has 2 aromatic heterocycles. The van der Waals surface area contributed by atoms with E-state index in [1.165, 1.54) is 0 Å². The molecule has 2 aromatic rings. The molecule has 3 rings (SSSR count). The molecule has 0 saturated carbocycles. The van der Waals surface area contributed by atoms with Gasteiger partial charge in [0.05, 0.1) is 12.6 Å². The minimum atomic E-state index is 0.0901. The standard InChI is InChI=1S/C17H23N5O/c1-20(2)16-12-14(7-9-18-16)17(23)22-11-4-3-6-15(22)13-21-10-5-8-19-21/h5,7-10,12,15H,3-4,6,11,13H2,1-2H3. The molecule has 23 heavy (non-hydrogen) atoms. The van der Waals surface area contributed by atoms with Crippen molar-refractivity contribution in [2.75, 3.05) is 25.5 Å². The van der Waals surface area contributed by atoms with Gasteiger partial charge in [-0.1, -0.05) is 0 Å². The minimum absolute atomic E-state index is 0.0901. The third-order valence-electron chi connectivity index (χ3n) is 4.30. The van der Waals surface area contributed by atoms with Crippen LogP contribution in [-0.2, 0) is 6.54 Å². The van der Waals surface area contributed by atoms with Crippen LogP contribution in [0, 0.1) is 0 Å². The summed E-state index contributed by atoms with van der Waals surface area (Å²) < 4.78 is 1.91. The third-order valence-corrected chi connectivity index (χ3v) is 4.30. The maximum absolute atomic E-state index is 13.0. The van der Waals surface area contributed by atoms with Crippen LogP contribution in [0.2, 0.25) is 0 Å². The molecule has 0 N–H and O–H groups in total. The number of amides is 1. The van der Waals surface area contributed by atoms with E-state index in [2.05, 4.69) is 10.1 Å². The van der Waals surface area contributed by atoms with Gasteiger partial charge < -0.3 is 9.80 Å². The molecule has 1 aliphatic heterocycles. The molecule has 6 heteroatoms. The van der Waals surface area contributed by atoms with Crippen LogP contribution < -0.4 is 4.90 Å². The second-order valence-electron chi connectivity index (χ2n) is 6.17. The van der Waals surface area contributed by atoms with Crippen molar-refractivity contribution in [2.24, 2.45) is 0 Å². The Bertz CT molecular complexity index is 653. The van der Waals surface area contributed by atoms with Crippen molar-refractivity contribution in [3.63, 3.8) is 0 Å². The molecule has 0 aliphatic carbocycles. The van der Waals surface area contributed by atoms with Gasteiger partial charge in [-0.25, -0.2) is 4.98 Å². The third kappa shape index (κ3) is 3.52. The number of likely N-dealkylation sites (tertiary alicyclic amines) is 1. The second-order valence-corrected chi connectivity index (χ2v) is 6.17. The maximum Gasteiger partial charge on any atom is 0.254 e. The summed E-state index contributed by atoms with van der Waals surface area (Å²) in [4.78, 5) is 21.2. The zero-order chi connectivity index (χ0) is 16.2. The lowest BCUT2D eigenvalue weighted by molar-refractivity contribution is 0.0584. The van der Waals surface area contributed by atoms with Crippen LogP contribution in [0.1, 0.15) is 29.6 Å². The Morgan fingerprint density at radius 3 is 2.96 bits per heavy atom. The fraction of sp³-hybridized carbons (Fsp3) is 0.471. The molecule has 1 saturated heterocycles. The van der Waals surface area contributed by atoms with Gasteiger partial charge in [0.25, 0.3) is 5.91 Å². The van der Waals surface area contributed by atoms with Crippen molar-refractivity contribution in [1.29, 1.82) is 0 Å². The smallest absolute Gasteiger partial charge is 0.254 e. The van der Waals surface area contributed by atoms with E-state index in [9.17, 15) is 4.79 Å². The van der Waals surface area contributed by atoms with Gasteiger partial charge in [0, 0.05) is 44.8 Å². The highest BCUT2D eigenvalue weighted by atomic mass is 16.2. The number of hydrogen-bond donors (Lipinski definition) is 0. The largest absolute Gasteiger partial charge is 0.363 e. The molecular formula is C17H23N5O. The van der Waals surface area contributed by atoms with Crippen LogP contribution in [0.5, 0.6) is 0 Å². The first-order valence-electron chi connectivity index (χ1n) is 8.07. The first kappa shape index (κ1) is 15.5. The highest BCUT2D eigenvalue weighted by Gasteiger charge is 2.28. The first-order chi connectivity index (χ1) is 11.1. The fourth-order valence-electron chi connectivity index (χ4n) is 3.04. The number of pyridine rings is 1. The summed E-state index contributed by atoms with van der Waals surface area (Å²) in [6, 6.07) is 5.78. The first-order valence-corrected chi connectivity index (χ1v) is 8.07. The normalized spacial score (nSPS) is 18.0. The summed E-state index contributed by atoms with van der Waals surface area (Å²) in [5.74, 6) is 0.892. The fourth-order valence-corrected chi connectivity index (χ4v) is 3.04. The summed E-state index contributed by atoms with van der Waals surface area (Å²) in [7, 11) is 3.86. The zero-order valence-corrected chi connectivity index (χ0v) is 13.7. The predicted molar refractivity (Wildman–Crippen MR) is 89.5 cm³/mol. The van der Waals surface area contributed by atoms with E-state index in [4.69, 9.17) is 0 Å². The highest BCUT2D eigenvalue weighted by Crippen LogP contribution is 2.22. The van der Waals surface area contributed by atoms with Gasteiger partial charge in [-0.2, -0.15) is 5.10 Å². The Morgan fingerprint density at radius 1 is 1.35 bits per heavy atom. The number of carbonyl (C=O) groups excluding carboxylic acids is 1. The number of piperidine rings is 1. The molecule has 6 nitrogen and oxygen atoms in total. The Hall–Kier alpha value is -2.37. The van der Waals surface area contributed by atoms with Crippen LogP contribution in [-0.4, -0.2) is 52.3 Å². The van der Waals surface area contributed by atoms with Gasteiger partial charge in [-0.3, -0.25) is 9.48 Å². The molecular weight excluding hydrogens is 290 g/mol. The Kier molecular flexibility index (Phi) is 4.60. The van der Waals surface area contributed by atoms with Crippen molar-refractivity contribution >= 4 is 11.7 Å². The van der Waals surface area contributed by atoms with Crippen LogP contribution >= 0.6 is 0 Å². The summed E-state index contributed by atoms with van der Waals surface area (Å²) in [6.07, 6.45) is 8.68. The average molecular weight is 313 g/mol. The summed E-state index contributed by atoms with van der Waals surface area (Å²) in [5.41, 5.74) is 0.705. The van der Waals surface area contributed by atoms with Crippen molar-refractivity contribution in [2.45, 2.75) is 31.8 Å². The van der Waals surface area contributed by atoms with Crippen molar-refractivity contribution in [3.8, 4) is 0 Å². The number of anilines is 1. The van der Waals surface area contributed by atoms with Crippen LogP contribution in [0.25, 0.3) is 0 Å². The minimum Gasteiger partial charge on any atom is -0.363 e. The van der Waals surface area contributed by atoms with Crippen molar-refractivity contribution in [1.82, 2.24) is 19.7 Å². The van der Waals surface area contributed by atoms with Gasteiger partial charge in [0.2, 0.25) is 0 Å². The number of carbonyl (C=O) groups is 1. The molecule has 0 aromatic carbocycles. The monoisotopic (exact) mass is 313 g/mol. The summed E-state index contributed by atoms with van der Waals surface area (Å²) in [6.45, 7) is 1.56. The molecule has 122 valence electrons. The maximum atomic E-state index is 13.0. The second kappa shape index (κ2) is 6.81. The number of rotatable bonds is 4. The van der Waals surface area contributed by atoms with Crippen LogP contribution in [0.3, 0.4) is 0 Å². The van der Waals surface area contributed by atoms with Gasteiger partial charge in [0.1, 0.15) is 5.82 Å². The van der Waals surface area contributed by atoms with Gasteiger partial charge in [-0.15, -0.1) is 0 Å². The molecule has 0 spiro atoms. The molecule has 1 atom stereocenters. The SMILES string of the molecule is CN(C)c1cc(C(=O)N2CCCCC2Cn2cccn2)ccn1. The predicted octanol–water partition coefficient (Wildman–Crippen LogP) is 2.04. The topological polar surface area (TPSA) is 54.3 Å². The molecule has 1 unspecified atom stereocenters. The highest BCUT2D eigenvalue weighted by molar-refractivity contribution is 5.95. The van der Waals surface area contributed by atoms with Crippen molar-refractivity contribution in [3.05, 3.63) is 42.4 Å². The zero-order valence-electron chi connectivity index (χ0n) is 13.7. The molecule has 1 amide bonds. The Balaban J connectivity index is 1.79. The lowest BCUT2D eigenvalue weighted by Gasteiger charge is -2.36. The molecule has 1 fully saturated rings. The Labute approximate surface area is 136 Å². The van der Waals surface area contributed by atoms with E-state index in [1.54, 1.807) is 18.5 Å². The van der Waals surface area contributed by atoms with Gasteiger partial charge in [-0.05, 0) is 37.5 Å². The van der Waals surface area contributed by atoms with E-state index in [1.807, 2.05) is 46.9 Å². The van der Waals surface area contributed by atoms with E-state index >= 15 is 0 Å². The quantitative estimate of drug-likeness (QED) is 0.867. The molecule has 1 aliphatic rings. The summed E-state index contributed by atoms with van der Waals surface area (Å²) >= 11 is 0. The average Bonchev–Trinajstić information content (AvgIpc) is 3.08. The number of hydrogen-bond acceptors (Lipinski definition) is 4. The lowest BCUT2D eigenvalue weighted by Crippen LogP contribution is -2.46. The lowest BCUT2D eigenvalue weighted by atomic mass is 10.0. The van der Waals surface area contributed by atoms with Gasteiger partial charge >= 0.3 is 0 Å². The van der Waals surface area contributed by atoms with Crippen LogP contribution in [0.4, 0.5) is 5.82 Å². The number of nitrogens with zero attached hydrogens (tertiary/aromatic N) is 5. The number of aromatic nitrogens is 3. The molecule has 0 bridgehead atoms. The van der Waals surface area contributed by atoms with Gasteiger partial charge in [0.15, 0.2) is 0 Å². The van der Waals surface area contributed by atoms with E-state index < -0.39 is 0 Å². The van der Waals surface area contributed by atoms with E-state index in [0.29, 0.717) is 5.56 Å². The summed E-state index contributed by atoms with van der Waals surface area (Å²) in [5, 5.41) is 4.28. The van der Waals surface area contributed by atoms with Crippen LogP contribution in [0.15, 0.2) is 36.8 Å². The van der Waals surface area contributed by atoms with E-state index in [0.717, 1.165) is 38.2 Å². The van der Waals surface area contributed by atoms with E-state index in [-0.39, 0.29) is 11.9 Å². The Morgan fingerprint density at radius 2 is 2.22 bits per heavy atom. The van der Waals surface area contributed by atoms with Crippen molar-refractivity contribution < 1.29 is 4.79 Å². The molecule has 0 radical (unpaired) electrons. The molecule has 3 heterocycles.